The van der Waals surface area contributed by atoms with E-state index in [-0.39, 0.29) is 24.2 Å². The minimum absolute atomic E-state index is 0.109. The molecule has 2 N–H and O–H groups in total. The van der Waals surface area contributed by atoms with Gasteiger partial charge in [0.1, 0.15) is 5.82 Å². The lowest BCUT2D eigenvalue weighted by atomic mass is 10.1. The van der Waals surface area contributed by atoms with Crippen LogP contribution in [0.15, 0.2) is 78.9 Å². The fraction of sp³-hybridized carbons (Fsp3) is 0.0476. The highest BCUT2D eigenvalue weighted by molar-refractivity contribution is 6.04. The number of amides is 2. The van der Waals surface area contributed by atoms with Crippen molar-refractivity contribution in [2.24, 2.45) is 0 Å². The van der Waals surface area contributed by atoms with Gasteiger partial charge in [0.2, 0.25) is 0 Å². The van der Waals surface area contributed by atoms with Crippen LogP contribution in [-0.4, -0.2) is 11.8 Å². The van der Waals surface area contributed by atoms with Gasteiger partial charge < -0.3 is 10.6 Å². The molecule has 5 heteroatoms. The van der Waals surface area contributed by atoms with Gasteiger partial charge in [-0.25, -0.2) is 4.39 Å². The molecule has 0 fully saturated rings. The van der Waals surface area contributed by atoms with Gasteiger partial charge in [-0.05, 0) is 42.5 Å². The summed E-state index contributed by atoms with van der Waals surface area (Å²) in [4.78, 5) is 24.3. The van der Waals surface area contributed by atoms with Crippen molar-refractivity contribution in [3.63, 3.8) is 0 Å². The minimum Gasteiger partial charge on any atom is -0.348 e. The molecule has 0 aliphatic rings. The van der Waals surface area contributed by atoms with Crippen LogP contribution in [0.5, 0.6) is 0 Å². The van der Waals surface area contributed by atoms with Gasteiger partial charge in [-0.1, -0.05) is 36.4 Å². The normalized spacial score (nSPS) is 10.2. The van der Waals surface area contributed by atoms with Crippen molar-refractivity contribution in [2.45, 2.75) is 6.54 Å². The average Bonchev–Trinajstić information content (AvgIpc) is 2.68. The van der Waals surface area contributed by atoms with Gasteiger partial charge in [-0.2, -0.15) is 0 Å². The van der Waals surface area contributed by atoms with E-state index in [1.807, 2.05) is 6.07 Å². The van der Waals surface area contributed by atoms with Crippen LogP contribution < -0.4 is 10.6 Å². The van der Waals surface area contributed by atoms with E-state index in [1.54, 1.807) is 66.7 Å². The lowest BCUT2D eigenvalue weighted by Gasteiger charge is -2.08. The summed E-state index contributed by atoms with van der Waals surface area (Å²) in [6.45, 7) is 0.109. The SMILES string of the molecule is O=C(NCc1ccccc1F)c1ccc(NC(=O)c2ccccc2)cc1. The van der Waals surface area contributed by atoms with Gasteiger partial charge in [-0.3, -0.25) is 9.59 Å². The highest BCUT2D eigenvalue weighted by Crippen LogP contribution is 2.12. The third-order valence-electron chi connectivity index (χ3n) is 3.84. The molecular formula is C21H17FN2O2. The largest absolute Gasteiger partial charge is 0.348 e. The molecule has 26 heavy (non-hydrogen) atoms. The summed E-state index contributed by atoms with van der Waals surface area (Å²) < 4.78 is 13.6. The fourth-order valence-corrected chi connectivity index (χ4v) is 2.42. The van der Waals surface area contributed by atoms with Gasteiger partial charge >= 0.3 is 0 Å². The number of hydrogen-bond acceptors (Lipinski definition) is 2. The van der Waals surface area contributed by atoms with Crippen LogP contribution in [-0.2, 0) is 6.54 Å². The van der Waals surface area contributed by atoms with Crippen LogP contribution in [0.25, 0.3) is 0 Å². The number of carbonyl (C=O) groups is 2. The van der Waals surface area contributed by atoms with Gasteiger partial charge in [0.25, 0.3) is 11.8 Å². The monoisotopic (exact) mass is 348 g/mol. The summed E-state index contributed by atoms with van der Waals surface area (Å²) in [5, 5.41) is 5.45. The summed E-state index contributed by atoms with van der Waals surface area (Å²) in [7, 11) is 0. The lowest BCUT2D eigenvalue weighted by Crippen LogP contribution is -2.23. The highest BCUT2D eigenvalue weighted by atomic mass is 19.1. The summed E-state index contributed by atoms with van der Waals surface area (Å²) >= 11 is 0. The first kappa shape index (κ1) is 17.4. The minimum atomic E-state index is -0.355. The van der Waals surface area contributed by atoms with Crippen molar-refractivity contribution in [3.05, 3.63) is 101 Å². The molecule has 4 nitrogen and oxygen atoms in total. The highest BCUT2D eigenvalue weighted by Gasteiger charge is 2.09. The Morgan fingerprint density at radius 1 is 0.731 bits per heavy atom. The van der Waals surface area contributed by atoms with Crippen molar-refractivity contribution in [3.8, 4) is 0 Å². The zero-order valence-electron chi connectivity index (χ0n) is 13.9. The molecule has 0 aliphatic carbocycles. The molecule has 0 radical (unpaired) electrons. The molecule has 0 atom stereocenters. The van der Waals surface area contributed by atoms with E-state index >= 15 is 0 Å². The summed E-state index contributed by atoms with van der Waals surface area (Å²) in [5.41, 5.74) is 2.00. The van der Waals surface area contributed by atoms with E-state index in [0.717, 1.165) is 0 Å². The first-order valence-corrected chi connectivity index (χ1v) is 8.11. The van der Waals surface area contributed by atoms with Gasteiger partial charge in [0.05, 0.1) is 0 Å². The molecular weight excluding hydrogens is 331 g/mol. The number of hydrogen-bond donors (Lipinski definition) is 2. The van der Waals surface area contributed by atoms with Gasteiger partial charge in [0, 0.05) is 28.9 Å². The Hall–Kier alpha value is -3.47. The van der Waals surface area contributed by atoms with Crippen LogP contribution in [0.3, 0.4) is 0 Å². The molecule has 0 saturated carbocycles. The summed E-state index contributed by atoms with van der Waals surface area (Å²) in [5.74, 6) is -0.886. The zero-order chi connectivity index (χ0) is 18.4. The van der Waals surface area contributed by atoms with Crippen LogP contribution in [0.2, 0.25) is 0 Å². The first-order chi connectivity index (χ1) is 12.6. The predicted octanol–water partition coefficient (Wildman–Crippen LogP) is 4.01. The number of anilines is 1. The summed E-state index contributed by atoms with van der Waals surface area (Å²) in [6.07, 6.45) is 0. The van der Waals surface area contributed by atoms with E-state index in [0.29, 0.717) is 22.4 Å². The molecule has 0 aliphatic heterocycles. The fourth-order valence-electron chi connectivity index (χ4n) is 2.42. The maximum atomic E-state index is 13.6. The average molecular weight is 348 g/mol. The van der Waals surface area contributed by atoms with Crippen molar-refractivity contribution < 1.29 is 14.0 Å². The summed E-state index contributed by atoms with van der Waals surface area (Å²) in [6, 6.07) is 21.7. The van der Waals surface area contributed by atoms with E-state index in [9.17, 15) is 14.0 Å². The third kappa shape index (κ3) is 4.33. The van der Waals surface area contributed by atoms with Crippen molar-refractivity contribution >= 4 is 17.5 Å². The predicted molar refractivity (Wildman–Crippen MR) is 98.4 cm³/mol. The first-order valence-electron chi connectivity index (χ1n) is 8.11. The number of carbonyl (C=O) groups excluding carboxylic acids is 2. The molecule has 3 aromatic carbocycles. The molecule has 0 aromatic heterocycles. The maximum Gasteiger partial charge on any atom is 0.255 e. The lowest BCUT2D eigenvalue weighted by molar-refractivity contribution is 0.0950. The number of halogens is 1. The molecule has 0 bridgehead atoms. The van der Waals surface area contributed by atoms with E-state index in [1.165, 1.54) is 6.07 Å². The van der Waals surface area contributed by atoms with Gasteiger partial charge in [0.15, 0.2) is 0 Å². The van der Waals surface area contributed by atoms with Gasteiger partial charge in [-0.15, -0.1) is 0 Å². The Kier molecular flexibility index (Phi) is 5.39. The molecule has 3 aromatic rings. The second-order valence-electron chi connectivity index (χ2n) is 5.67. The van der Waals surface area contributed by atoms with E-state index < -0.39 is 0 Å². The topological polar surface area (TPSA) is 58.2 Å². The van der Waals surface area contributed by atoms with Crippen LogP contribution in [0.1, 0.15) is 26.3 Å². The zero-order valence-corrected chi connectivity index (χ0v) is 13.9. The Balaban J connectivity index is 1.59. The maximum absolute atomic E-state index is 13.6. The second-order valence-corrected chi connectivity index (χ2v) is 5.67. The Morgan fingerprint density at radius 3 is 2.04 bits per heavy atom. The standard InChI is InChI=1S/C21H17FN2O2/c22-19-9-5-4-8-17(19)14-23-20(25)16-10-12-18(13-11-16)24-21(26)15-6-2-1-3-7-15/h1-13H,14H2,(H,23,25)(H,24,26). The molecule has 0 spiro atoms. The smallest absolute Gasteiger partial charge is 0.255 e. The number of rotatable bonds is 5. The molecule has 0 heterocycles. The number of benzene rings is 3. The second kappa shape index (κ2) is 8.07. The van der Waals surface area contributed by atoms with Crippen molar-refractivity contribution in [1.82, 2.24) is 5.32 Å². The Bertz CT molecular complexity index is 909. The Labute approximate surface area is 150 Å². The third-order valence-corrected chi connectivity index (χ3v) is 3.84. The number of nitrogens with one attached hydrogen (secondary N) is 2. The van der Waals surface area contributed by atoms with Crippen molar-refractivity contribution in [2.75, 3.05) is 5.32 Å². The molecule has 130 valence electrons. The van der Waals surface area contributed by atoms with E-state index in [4.69, 9.17) is 0 Å². The van der Waals surface area contributed by atoms with Crippen LogP contribution >= 0.6 is 0 Å². The Morgan fingerprint density at radius 2 is 1.35 bits per heavy atom. The van der Waals surface area contributed by atoms with Crippen LogP contribution in [0.4, 0.5) is 10.1 Å². The quantitative estimate of drug-likeness (QED) is 0.732. The molecule has 3 rings (SSSR count). The molecule has 0 unspecified atom stereocenters. The molecule has 2 amide bonds. The van der Waals surface area contributed by atoms with Crippen LogP contribution in [0, 0.1) is 5.82 Å². The van der Waals surface area contributed by atoms with Crippen molar-refractivity contribution in [1.29, 1.82) is 0 Å². The molecule has 0 saturated heterocycles. The van der Waals surface area contributed by atoms with E-state index in [2.05, 4.69) is 10.6 Å².